The average Bonchev–Trinajstić information content (AvgIpc) is 2.74. The van der Waals surface area contributed by atoms with E-state index in [4.69, 9.17) is 11.2 Å². The van der Waals surface area contributed by atoms with Crippen LogP contribution in [0.15, 0.2) is 5.38 Å². The molecule has 1 amide bonds. The van der Waals surface area contributed by atoms with Crippen LogP contribution in [0.25, 0.3) is 0 Å². The predicted molar refractivity (Wildman–Crippen MR) is 69.1 cm³/mol. The van der Waals surface area contributed by atoms with E-state index in [0.717, 1.165) is 0 Å². The van der Waals surface area contributed by atoms with Gasteiger partial charge in [-0.3, -0.25) is 9.59 Å². The van der Waals surface area contributed by atoms with Crippen molar-refractivity contribution >= 4 is 28.3 Å². The minimum Gasteiger partial charge on any atom is -0.466 e. The minimum atomic E-state index is -0.326. The van der Waals surface area contributed by atoms with Crippen LogP contribution in [-0.2, 0) is 20.7 Å². The second kappa shape index (κ2) is 7.45. The van der Waals surface area contributed by atoms with Crippen molar-refractivity contribution in [1.29, 1.82) is 0 Å². The van der Waals surface area contributed by atoms with E-state index in [1.807, 2.05) is 0 Å². The smallest absolute Gasteiger partial charge is 0.311 e. The summed E-state index contributed by atoms with van der Waals surface area (Å²) >= 11 is 1.27. The van der Waals surface area contributed by atoms with E-state index in [1.54, 1.807) is 12.3 Å². The second-order valence-corrected chi connectivity index (χ2v) is 4.24. The number of rotatable bonds is 6. The maximum absolute atomic E-state index is 11.4. The fraction of sp³-hybridized carbons (Fsp3) is 0.417. The first-order valence-electron chi connectivity index (χ1n) is 5.49. The number of nitrogens with zero attached hydrogens (tertiary/aromatic N) is 1. The van der Waals surface area contributed by atoms with Gasteiger partial charge in [0.1, 0.15) is 0 Å². The van der Waals surface area contributed by atoms with Gasteiger partial charge in [0, 0.05) is 18.2 Å². The van der Waals surface area contributed by atoms with Crippen LogP contribution in [0, 0.1) is 12.3 Å². The predicted octanol–water partition coefficient (Wildman–Crippen LogP) is 1.60. The van der Waals surface area contributed by atoms with Gasteiger partial charge in [0.2, 0.25) is 5.91 Å². The van der Waals surface area contributed by atoms with E-state index in [9.17, 15) is 9.59 Å². The van der Waals surface area contributed by atoms with Crippen molar-refractivity contribution < 1.29 is 14.3 Å². The lowest BCUT2D eigenvalue weighted by molar-refractivity contribution is -0.142. The Morgan fingerprint density at radius 3 is 3.06 bits per heavy atom. The van der Waals surface area contributed by atoms with Gasteiger partial charge in [-0.25, -0.2) is 4.98 Å². The molecule has 1 rings (SSSR count). The van der Waals surface area contributed by atoms with Gasteiger partial charge in [-0.15, -0.1) is 23.7 Å². The molecule has 1 N–H and O–H groups in total. The number of amides is 1. The number of anilines is 1. The summed E-state index contributed by atoms with van der Waals surface area (Å²) in [5.74, 6) is 1.89. The molecule has 0 spiro atoms. The third kappa shape index (κ3) is 4.97. The SMILES string of the molecule is C#CCCC(=O)Nc1nc(CC(=O)OCC)cs1. The van der Waals surface area contributed by atoms with Gasteiger partial charge in [0.25, 0.3) is 0 Å². The van der Waals surface area contributed by atoms with Crippen LogP contribution in [0.1, 0.15) is 25.5 Å². The molecule has 0 bridgehead atoms. The minimum absolute atomic E-state index is 0.116. The summed E-state index contributed by atoms with van der Waals surface area (Å²) in [7, 11) is 0. The molecule has 18 heavy (non-hydrogen) atoms. The van der Waals surface area contributed by atoms with Gasteiger partial charge in [-0.1, -0.05) is 0 Å². The normalized spacial score (nSPS) is 9.56. The van der Waals surface area contributed by atoms with Gasteiger partial charge in [-0.05, 0) is 6.92 Å². The molecule has 1 heterocycles. The largest absolute Gasteiger partial charge is 0.466 e. The Hall–Kier alpha value is -1.87. The fourth-order valence-electron chi connectivity index (χ4n) is 1.17. The molecular weight excluding hydrogens is 252 g/mol. The number of carbonyl (C=O) groups excluding carboxylic acids is 2. The zero-order valence-electron chi connectivity index (χ0n) is 10.1. The van der Waals surface area contributed by atoms with Crippen LogP contribution >= 0.6 is 11.3 Å². The van der Waals surface area contributed by atoms with Crippen molar-refractivity contribution in [3.05, 3.63) is 11.1 Å². The van der Waals surface area contributed by atoms with Crippen molar-refractivity contribution in [2.24, 2.45) is 0 Å². The number of aromatic nitrogens is 1. The average molecular weight is 266 g/mol. The molecule has 0 aliphatic carbocycles. The lowest BCUT2D eigenvalue weighted by atomic mass is 10.3. The third-order valence-electron chi connectivity index (χ3n) is 1.93. The Labute approximate surface area is 110 Å². The molecule has 0 atom stereocenters. The summed E-state index contributed by atoms with van der Waals surface area (Å²) in [4.78, 5) is 26.7. The van der Waals surface area contributed by atoms with Crippen molar-refractivity contribution in [1.82, 2.24) is 4.98 Å². The van der Waals surface area contributed by atoms with E-state index >= 15 is 0 Å². The molecule has 0 aliphatic heterocycles. The molecule has 6 heteroatoms. The number of terminal acetylenes is 1. The van der Waals surface area contributed by atoms with Crippen molar-refractivity contribution in [3.63, 3.8) is 0 Å². The Morgan fingerprint density at radius 1 is 1.61 bits per heavy atom. The van der Waals surface area contributed by atoms with E-state index in [0.29, 0.717) is 23.9 Å². The third-order valence-corrected chi connectivity index (χ3v) is 2.73. The molecular formula is C12H14N2O3S. The standard InChI is InChI=1S/C12H14N2O3S/c1-3-5-6-10(15)14-12-13-9(8-18-12)7-11(16)17-4-2/h1,8H,4-7H2,2H3,(H,13,14,15). The molecule has 1 aromatic rings. The number of esters is 1. The first-order chi connectivity index (χ1) is 8.65. The molecule has 0 saturated heterocycles. The van der Waals surface area contributed by atoms with Crippen molar-refractivity contribution in [3.8, 4) is 12.3 Å². The first kappa shape index (κ1) is 14.2. The molecule has 0 fully saturated rings. The van der Waals surface area contributed by atoms with Gasteiger partial charge in [-0.2, -0.15) is 0 Å². The van der Waals surface area contributed by atoms with E-state index in [2.05, 4.69) is 16.2 Å². The number of carbonyl (C=O) groups is 2. The molecule has 0 aliphatic rings. The Morgan fingerprint density at radius 2 is 2.39 bits per heavy atom. The maximum atomic E-state index is 11.4. The molecule has 1 aromatic heterocycles. The highest BCUT2D eigenvalue weighted by Crippen LogP contribution is 2.16. The summed E-state index contributed by atoms with van der Waals surface area (Å²) in [5, 5.41) is 4.81. The highest BCUT2D eigenvalue weighted by Gasteiger charge is 2.09. The summed E-state index contributed by atoms with van der Waals surface area (Å²) in [5.41, 5.74) is 0.589. The lowest BCUT2D eigenvalue weighted by Gasteiger charge is -1.99. The molecule has 0 aromatic carbocycles. The zero-order valence-corrected chi connectivity index (χ0v) is 10.9. The van der Waals surface area contributed by atoms with Crippen molar-refractivity contribution in [2.75, 3.05) is 11.9 Å². The number of hydrogen-bond donors (Lipinski definition) is 1. The van der Waals surface area contributed by atoms with E-state index < -0.39 is 0 Å². The molecule has 0 saturated carbocycles. The number of ether oxygens (including phenoxy) is 1. The van der Waals surface area contributed by atoms with Crippen LogP contribution in [0.4, 0.5) is 5.13 Å². The Balaban J connectivity index is 2.46. The lowest BCUT2D eigenvalue weighted by Crippen LogP contribution is -2.11. The van der Waals surface area contributed by atoms with Crippen molar-refractivity contribution in [2.45, 2.75) is 26.2 Å². The van der Waals surface area contributed by atoms with Gasteiger partial charge >= 0.3 is 5.97 Å². The quantitative estimate of drug-likeness (QED) is 0.627. The van der Waals surface area contributed by atoms with Crippen LogP contribution in [0.5, 0.6) is 0 Å². The monoisotopic (exact) mass is 266 g/mol. The second-order valence-electron chi connectivity index (χ2n) is 3.38. The number of nitrogens with one attached hydrogen (secondary N) is 1. The summed E-state index contributed by atoms with van der Waals surface area (Å²) in [6.45, 7) is 2.09. The van der Waals surface area contributed by atoms with Gasteiger partial charge < -0.3 is 10.1 Å². The first-order valence-corrected chi connectivity index (χ1v) is 6.37. The number of thiazole rings is 1. The maximum Gasteiger partial charge on any atom is 0.311 e. The highest BCUT2D eigenvalue weighted by atomic mass is 32.1. The fourth-order valence-corrected chi connectivity index (χ4v) is 1.90. The van der Waals surface area contributed by atoms with Crippen LogP contribution in [-0.4, -0.2) is 23.5 Å². The van der Waals surface area contributed by atoms with Gasteiger partial charge in [0.05, 0.1) is 18.7 Å². The van der Waals surface area contributed by atoms with Crippen LogP contribution in [0.2, 0.25) is 0 Å². The highest BCUT2D eigenvalue weighted by molar-refractivity contribution is 7.13. The van der Waals surface area contributed by atoms with Gasteiger partial charge in [0.15, 0.2) is 5.13 Å². The van der Waals surface area contributed by atoms with Crippen LogP contribution < -0.4 is 5.32 Å². The van der Waals surface area contributed by atoms with Crippen LogP contribution in [0.3, 0.4) is 0 Å². The van der Waals surface area contributed by atoms with E-state index in [-0.39, 0.29) is 24.7 Å². The molecule has 96 valence electrons. The Kier molecular flexibility index (Phi) is 5.88. The zero-order chi connectivity index (χ0) is 13.4. The van der Waals surface area contributed by atoms with E-state index in [1.165, 1.54) is 11.3 Å². The summed E-state index contributed by atoms with van der Waals surface area (Å²) in [6.07, 6.45) is 5.84. The molecule has 0 unspecified atom stereocenters. The summed E-state index contributed by atoms with van der Waals surface area (Å²) in [6, 6.07) is 0. The Bertz CT molecular complexity index is 462. The topological polar surface area (TPSA) is 68.3 Å². The summed E-state index contributed by atoms with van der Waals surface area (Å²) < 4.78 is 4.81. The number of hydrogen-bond acceptors (Lipinski definition) is 5. The molecule has 5 nitrogen and oxygen atoms in total. The molecule has 0 radical (unpaired) electrons.